The van der Waals surface area contributed by atoms with Crippen molar-refractivity contribution in [1.29, 1.82) is 0 Å². The zero-order chi connectivity index (χ0) is 24.5. The van der Waals surface area contributed by atoms with Crippen LogP contribution in [0, 0.1) is 10.1 Å². The summed E-state index contributed by atoms with van der Waals surface area (Å²) in [4.78, 5) is 42.1. The Hall–Kier alpha value is -3.47. The van der Waals surface area contributed by atoms with Gasteiger partial charge in [-0.05, 0) is 30.2 Å². The number of nitro benzene ring substituents is 1. The van der Waals surface area contributed by atoms with E-state index in [0.29, 0.717) is 31.7 Å². The summed E-state index contributed by atoms with van der Waals surface area (Å²) in [6.07, 6.45) is 1.16. The molecule has 0 unspecified atom stereocenters. The minimum absolute atomic E-state index is 0.0163. The van der Waals surface area contributed by atoms with E-state index in [4.69, 9.17) is 0 Å². The molecule has 1 fully saturated rings. The van der Waals surface area contributed by atoms with E-state index < -0.39 is 20.8 Å². The van der Waals surface area contributed by atoms with Crippen molar-refractivity contribution in [2.45, 2.75) is 19.0 Å². The van der Waals surface area contributed by atoms with Crippen LogP contribution in [0.2, 0.25) is 0 Å². The van der Waals surface area contributed by atoms with Gasteiger partial charge in [0, 0.05) is 62.4 Å². The first-order chi connectivity index (χ1) is 16.1. The summed E-state index contributed by atoms with van der Waals surface area (Å²) in [6, 6.07) is 12.6. The number of nitrogens with zero attached hydrogens (tertiary/aromatic N) is 4. The summed E-state index contributed by atoms with van der Waals surface area (Å²) in [5.74, 6) is -0.702. The highest BCUT2D eigenvalue weighted by atomic mass is 32.2. The molecule has 0 aromatic heterocycles. The Bertz CT molecular complexity index is 1210. The fraction of sp³-hybridized carbons (Fsp3) is 0.391. The molecule has 11 heteroatoms. The Labute approximate surface area is 197 Å². The number of hydrogen-bond acceptors (Lipinski definition) is 7. The van der Waals surface area contributed by atoms with Crippen LogP contribution in [0.5, 0.6) is 0 Å². The number of nitro groups is 1. The topological polar surface area (TPSA) is 121 Å². The molecule has 0 saturated carbocycles. The third-order valence-corrected chi connectivity index (χ3v) is 7.27. The van der Waals surface area contributed by atoms with E-state index >= 15 is 0 Å². The number of hydrogen-bond donors (Lipinski definition) is 0. The van der Waals surface area contributed by atoms with Gasteiger partial charge in [-0.25, -0.2) is 8.42 Å². The standard InChI is InChI=1S/C23H26N4O6S/c1-34(32,33)15-10-21(26-16-17-4-2-3-5-20(17)22(26)28)23(29)25-13-11-24(12-14-25)18-6-8-19(9-7-18)27(30)31/h2-9,21H,10-16H2,1H3/t21-/m1/s1. The number of rotatable bonds is 7. The van der Waals surface area contributed by atoms with E-state index in [1.165, 1.54) is 17.0 Å². The molecule has 10 nitrogen and oxygen atoms in total. The number of sulfone groups is 1. The van der Waals surface area contributed by atoms with Crippen LogP contribution in [-0.4, -0.2) is 79.2 Å². The zero-order valence-electron chi connectivity index (χ0n) is 18.8. The maximum atomic E-state index is 13.5. The van der Waals surface area contributed by atoms with Crippen LogP contribution in [-0.2, 0) is 21.2 Å². The van der Waals surface area contributed by atoms with Crippen molar-refractivity contribution in [1.82, 2.24) is 9.80 Å². The van der Waals surface area contributed by atoms with E-state index in [0.717, 1.165) is 17.5 Å². The molecule has 2 aromatic rings. The molecule has 2 aliphatic heterocycles. The van der Waals surface area contributed by atoms with Gasteiger partial charge in [0.25, 0.3) is 11.6 Å². The molecular weight excluding hydrogens is 460 g/mol. The number of carbonyl (C=O) groups is 2. The fourth-order valence-electron chi connectivity index (χ4n) is 4.45. The quantitative estimate of drug-likeness (QED) is 0.431. The maximum Gasteiger partial charge on any atom is 0.269 e. The minimum Gasteiger partial charge on any atom is -0.368 e. The lowest BCUT2D eigenvalue weighted by Crippen LogP contribution is -2.55. The summed E-state index contributed by atoms with van der Waals surface area (Å²) in [5.41, 5.74) is 2.22. The molecule has 1 atom stereocenters. The van der Waals surface area contributed by atoms with Gasteiger partial charge in [0.2, 0.25) is 5.91 Å². The number of non-ortho nitro benzene ring substituents is 1. The average Bonchev–Trinajstić information content (AvgIpc) is 3.15. The second-order valence-electron chi connectivity index (χ2n) is 8.61. The van der Waals surface area contributed by atoms with Crippen LogP contribution in [0.15, 0.2) is 48.5 Å². The van der Waals surface area contributed by atoms with Gasteiger partial charge in [0.05, 0.1) is 10.7 Å². The molecule has 0 spiro atoms. The highest BCUT2D eigenvalue weighted by Crippen LogP contribution is 2.27. The van der Waals surface area contributed by atoms with Gasteiger partial charge in [-0.15, -0.1) is 0 Å². The highest BCUT2D eigenvalue weighted by Gasteiger charge is 2.39. The Morgan fingerprint density at radius 1 is 1.06 bits per heavy atom. The van der Waals surface area contributed by atoms with Crippen LogP contribution in [0.25, 0.3) is 0 Å². The van der Waals surface area contributed by atoms with Gasteiger partial charge < -0.3 is 14.7 Å². The number of anilines is 1. The number of benzene rings is 2. The van der Waals surface area contributed by atoms with Crippen molar-refractivity contribution in [3.63, 3.8) is 0 Å². The van der Waals surface area contributed by atoms with Crippen LogP contribution in [0.3, 0.4) is 0 Å². The van der Waals surface area contributed by atoms with Crippen molar-refractivity contribution < 1.29 is 22.9 Å². The lowest BCUT2D eigenvalue weighted by Gasteiger charge is -2.39. The van der Waals surface area contributed by atoms with Crippen molar-refractivity contribution >= 4 is 33.0 Å². The first-order valence-corrected chi connectivity index (χ1v) is 13.0. The third-order valence-electron chi connectivity index (χ3n) is 6.29. The molecule has 2 amide bonds. The number of carbonyl (C=O) groups excluding carboxylic acids is 2. The molecule has 0 radical (unpaired) electrons. The Morgan fingerprint density at radius 2 is 1.71 bits per heavy atom. The van der Waals surface area contributed by atoms with Crippen molar-refractivity contribution in [2.75, 3.05) is 43.1 Å². The number of piperazine rings is 1. The Morgan fingerprint density at radius 3 is 2.29 bits per heavy atom. The minimum atomic E-state index is -3.32. The van der Waals surface area contributed by atoms with Gasteiger partial charge in [0.1, 0.15) is 15.9 Å². The molecule has 2 aliphatic rings. The number of fused-ring (bicyclic) bond motifs is 1. The van der Waals surface area contributed by atoms with Crippen LogP contribution in [0.4, 0.5) is 11.4 Å². The predicted molar refractivity (Wildman–Crippen MR) is 126 cm³/mol. The SMILES string of the molecule is CS(=O)(=O)CC[C@H](C(=O)N1CCN(c2ccc([N+](=O)[O-])cc2)CC1)N1Cc2ccccc2C1=O. The monoisotopic (exact) mass is 486 g/mol. The van der Waals surface area contributed by atoms with E-state index in [1.807, 2.05) is 17.0 Å². The first kappa shape index (κ1) is 23.7. The van der Waals surface area contributed by atoms with Crippen molar-refractivity contribution in [3.05, 3.63) is 69.8 Å². The van der Waals surface area contributed by atoms with Crippen LogP contribution < -0.4 is 4.90 Å². The Kier molecular flexibility index (Phi) is 6.56. The second-order valence-corrected chi connectivity index (χ2v) is 10.9. The summed E-state index contributed by atoms with van der Waals surface area (Å²) in [7, 11) is -3.32. The van der Waals surface area contributed by atoms with E-state index in [2.05, 4.69) is 0 Å². The van der Waals surface area contributed by atoms with E-state index in [-0.39, 0.29) is 36.2 Å². The zero-order valence-corrected chi connectivity index (χ0v) is 19.6. The number of amides is 2. The molecule has 0 bridgehead atoms. The van der Waals surface area contributed by atoms with Crippen LogP contribution >= 0.6 is 0 Å². The van der Waals surface area contributed by atoms with Gasteiger partial charge in [-0.2, -0.15) is 0 Å². The second kappa shape index (κ2) is 9.41. The molecular formula is C23H26N4O6S. The fourth-order valence-corrected chi connectivity index (χ4v) is 5.10. The molecule has 2 heterocycles. The van der Waals surface area contributed by atoms with E-state index in [1.54, 1.807) is 29.2 Å². The van der Waals surface area contributed by atoms with Crippen LogP contribution in [0.1, 0.15) is 22.3 Å². The third kappa shape index (κ3) is 5.04. The van der Waals surface area contributed by atoms with Gasteiger partial charge >= 0.3 is 0 Å². The van der Waals surface area contributed by atoms with E-state index in [9.17, 15) is 28.1 Å². The van der Waals surface area contributed by atoms with Gasteiger partial charge in [-0.1, -0.05) is 18.2 Å². The predicted octanol–water partition coefficient (Wildman–Crippen LogP) is 1.70. The lowest BCUT2D eigenvalue weighted by atomic mass is 10.1. The molecule has 180 valence electrons. The van der Waals surface area contributed by atoms with Gasteiger partial charge in [0.15, 0.2) is 0 Å². The molecule has 0 N–H and O–H groups in total. The summed E-state index contributed by atoms with van der Waals surface area (Å²) < 4.78 is 23.7. The molecule has 4 rings (SSSR count). The molecule has 1 saturated heterocycles. The Balaban J connectivity index is 1.46. The normalized spacial score (nSPS) is 17.0. The van der Waals surface area contributed by atoms with Gasteiger partial charge in [-0.3, -0.25) is 19.7 Å². The molecule has 34 heavy (non-hydrogen) atoms. The maximum absolute atomic E-state index is 13.5. The summed E-state index contributed by atoms with van der Waals surface area (Å²) in [5, 5.41) is 10.9. The largest absolute Gasteiger partial charge is 0.368 e. The smallest absolute Gasteiger partial charge is 0.269 e. The van der Waals surface area contributed by atoms with Crippen molar-refractivity contribution in [3.8, 4) is 0 Å². The lowest BCUT2D eigenvalue weighted by molar-refractivity contribution is -0.384. The molecule has 0 aliphatic carbocycles. The first-order valence-electron chi connectivity index (χ1n) is 11.0. The summed E-state index contributed by atoms with van der Waals surface area (Å²) >= 11 is 0. The molecule has 2 aromatic carbocycles. The summed E-state index contributed by atoms with van der Waals surface area (Å²) in [6.45, 7) is 2.13. The van der Waals surface area contributed by atoms with Crippen molar-refractivity contribution in [2.24, 2.45) is 0 Å². The average molecular weight is 487 g/mol. The highest BCUT2D eigenvalue weighted by molar-refractivity contribution is 7.90.